The molecule has 2 rings (SSSR count). The Kier molecular flexibility index (Phi) is 12.1. The van der Waals surface area contributed by atoms with Crippen LogP contribution < -0.4 is 10.4 Å². The van der Waals surface area contributed by atoms with Gasteiger partial charge in [-0.1, -0.05) is 114 Å². The molecule has 35 heavy (non-hydrogen) atoms. The van der Waals surface area contributed by atoms with Gasteiger partial charge in [0.1, 0.15) is 0 Å². The predicted molar refractivity (Wildman–Crippen MR) is 151 cm³/mol. The fourth-order valence-corrected chi connectivity index (χ4v) is 9.42. The van der Waals surface area contributed by atoms with Gasteiger partial charge in [0, 0.05) is 13.0 Å². The van der Waals surface area contributed by atoms with E-state index in [9.17, 15) is 9.90 Å². The summed E-state index contributed by atoms with van der Waals surface area (Å²) < 4.78 is 6.90. The van der Waals surface area contributed by atoms with E-state index in [-0.39, 0.29) is 10.8 Å². The molecule has 2 aromatic rings. The van der Waals surface area contributed by atoms with Crippen molar-refractivity contribution in [2.75, 3.05) is 6.61 Å². The van der Waals surface area contributed by atoms with Crippen LogP contribution >= 0.6 is 0 Å². The second-order valence-electron chi connectivity index (χ2n) is 10.7. The van der Waals surface area contributed by atoms with Crippen molar-refractivity contribution in [3.05, 3.63) is 72.3 Å². The number of ketones is 1. The molecule has 0 fully saturated rings. The lowest BCUT2D eigenvalue weighted by Gasteiger charge is -2.43. The van der Waals surface area contributed by atoms with Crippen molar-refractivity contribution in [3.8, 4) is 0 Å². The number of unbranched alkanes of at least 4 members (excludes halogenated alkanes) is 4. The van der Waals surface area contributed by atoms with Crippen LogP contribution in [-0.2, 0) is 9.22 Å². The summed E-state index contributed by atoms with van der Waals surface area (Å²) in [6.45, 7) is 11.4. The second-order valence-corrected chi connectivity index (χ2v) is 15.0. The quantitative estimate of drug-likeness (QED) is 0.173. The molecule has 0 amide bonds. The highest BCUT2D eigenvalue weighted by Crippen LogP contribution is 2.36. The molecular formula is C31H46O3Si. The van der Waals surface area contributed by atoms with Crippen molar-refractivity contribution in [3.63, 3.8) is 0 Å². The molecule has 0 aliphatic rings. The lowest BCUT2D eigenvalue weighted by molar-refractivity contribution is -0.114. The number of aliphatic hydroxyl groups excluding tert-OH is 1. The van der Waals surface area contributed by atoms with E-state index in [1.165, 1.54) is 29.6 Å². The van der Waals surface area contributed by atoms with Crippen LogP contribution in [-0.4, -0.2) is 31.9 Å². The van der Waals surface area contributed by atoms with Crippen molar-refractivity contribution in [1.82, 2.24) is 0 Å². The van der Waals surface area contributed by atoms with E-state index in [2.05, 4.69) is 76.2 Å². The molecule has 1 atom stereocenters. The predicted octanol–water partition coefficient (Wildman–Crippen LogP) is 6.58. The SMILES string of the molecule is CCCCCCCC(=O)/C=C(\C)C(O)CCCO[Si](c1ccccc1)(c1ccccc1)C(C)(C)C. The summed E-state index contributed by atoms with van der Waals surface area (Å²) in [5.74, 6) is 0.126. The van der Waals surface area contributed by atoms with Crippen molar-refractivity contribution >= 4 is 24.5 Å². The maximum atomic E-state index is 12.3. The molecule has 3 nitrogen and oxygen atoms in total. The molecule has 192 valence electrons. The van der Waals surface area contributed by atoms with E-state index in [1.54, 1.807) is 6.08 Å². The van der Waals surface area contributed by atoms with Gasteiger partial charge in [0.25, 0.3) is 8.32 Å². The van der Waals surface area contributed by atoms with Crippen molar-refractivity contribution in [2.24, 2.45) is 0 Å². The average molecular weight is 495 g/mol. The van der Waals surface area contributed by atoms with Gasteiger partial charge in [-0.25, -0.2) is 0 Å². The Morgan fingerprint density at radius 2 is 1.46 bits per heavy atom. The van der Waals surface area contributed by atoms with Gasteiger partial charge >= 0.3 is 0 Å². The molecule has 0 radical (unpaired) electrons. The summed E-state index contributed by atoms with van der Waals surface area (Å²) in [5.41, 5.74) is 0.758. The molecule has 0 aliphatic carbocycles. The Bertz CT molecular complexity index is 860. The third kappa shape index (κ3) is 8.55. The summed E-state index contributed by atoms with van der Waals surface area (Å²) in [6, 6.07) is 21.2. The Morgan fingerprint density at radius 1 is 0.914 bits per heavy atom. The highest BCUT2D eigenvalue weighted by Gasteiger charge is 2.49. The van der Waals surface area contributed by atoms with Crippen LogP contribution in [0.5, 0.6) is 0 Å². The number of allylic oxidation sites excluding steroid dienone is 1. The van der Waals surface area contributed by atoms with Gasteiger partial charge in [0.05, 0.1) is 6.10 Å². The van der Waals surface area contributed by atoms with Crippen LogP contribution in [0.2, 0.25) is 5.04 Å². The fourth-order valence-electron chi connectivity index (χ4n) is 4.82. The van der Waals surface area contributed by atoms with Gasteiger partial charge in [0.2, 0.25) is 0 Å². The number of benzene rings is 2. The van der Waals surface area contributed by atoms with Crippen LogP contribution in [0.4, 0.5) is 0 Å². The van der Waals surface area contributed by atoms with Gasteiger partial charge in [-0.15, -0.1) is 0 Å². The van der Waals surface area contributed by atoms with Gasteiger partial charge in [-0.05, 0) is 53.2 Å². The largest absolute Gasteiger partial charge is 0.407 e. The first kappa shape index (κ1) is 29.2. The van der Waals surface area contributed by atoms with Crippen molar-refractivity contribution in [1.29, 1.82) is 0 Å². The lowest BCUT2D eigenvalue weighted by atomic mass is 10.0. The lowest BCUT2D eigenvalue weighted by Crippen LogP contribution is -2.66. The zero-order chi connectivity index (χ0) is 25.7. The number of carbonyl (C=O) groups is 1. The van der Waals surface area contributed by atoms with Crippen molar-refractivity contribution in [2.45, 2.75) is 97.1 Å². The number of aliphatic hydroxyl groups is 1. The Balaban J connectivity index is 2.02. The molecule has 2 aromatic carbocycles. The van der Waals surface area contributed by atoms with Gasteiger partial charge in [0.15, 0.2) is 5.78 Å². The molecule has 0 heterocycles. The van der Waals surface area contributed by atoms with Crippen LogP contribution in [0.15, 0.2) is 72.3 Å². The number of rotatable bonds is 15. The topological polar surface area (TPSA) is 46.5 Å². The van der Waals surface area contributed by atoms with E-state index in [4.69, 9.17) is 4.43 Å². The molecule has 0 aromatic heterocycles. The van der Waals surface area contributed by atoms with Gasteiger partial charge in [-0.2, -0.15) is 0 Å². The first-order chi connectivity index (χ1) is 16.7. The van der Waals surface area contributed by atoms with E-state index in [1.807, 2.05) is 19.1 Å². The van der Waals surface area contributed by atoms with E-state index >= 15 is 0 Å². The monoisotopic (exact) mass is 494 g/mol. The highest BCUT2D eigenvalue weighted by molar-refractivity contribution is 6.99. The minimum Gasteiger partial charge on any atom is -0.407 e. The average Bonchev–Trinajstić information content (AvgIpc) is 2.84. The van der Waals surface area contributed by atoms with Crippen LogP contribution in [0.25, 0.3) is 0 Å². The number of hydrogen-bond donors (Lipinski definition) is 1. The smallest absolute Gasteiger partial charge is 0.261 e. The van der Waals surface area contributed by atoms with Gasteiger partial charge < -0.3 is 9.53 Å². The maximum absolute atomic E-state index is 12.3. The molecule has 1 unspecified atom stereocenters. The standard InChI is InChI=1S/C31H46O3Si/c1-6-7-8-9-12-18-27(32)25-26(2)30(33)23-17-24-34-35(31(3,4)5,28-19-13-10-14-20-28)29-21-15-11-16-22-29/h10-11,13-16,19-22,25,30,33H,6-9,12,17-18,23-24H2,1-5H3/b26-25+. The third-order valence-electron chi connectivity index (χ3n) is 6.80. The van der Waals surface area contributed by atoms with Crippen LogP contribution in [0, 0.1) is 0 Å². The summed E-state index contributed by atoms with van der Waals surface area (Å²) in [7, 11) is -2.55. The molecule has 0 spiro atoms. The van der Waals surface area contributed by atoms with E-state index in [0.29, 0.717) is 19.4 Å². The minimum atomic E-state index is -2.55. The molecular weight excluding hydrogens is 448 g/mol. The first-order valence-electron chi connectivity index (χ1n) is 13.4. The van der Waals surface area contributed by atoms with Crippen molar-refractivity contribution < 1.29 is 14.3 Å². The zero-order valence-corrected chi connectivity index (χ0v) is 23.6. The number of carbonyl (C=O) groups excluding carboxylic acids is 1. The second kappa shape index (κ2) is 14.5. The molecule has 0 saturated heterocycles. The van der Waals surface area contributed by atoms with Crippen LogP contribution in [0.3, 0.4) is 0 Å². The third-order valence-corrected chi connectivity index (χ3v) is 11.8. The molecule has 4 heteroatoms. The van der Waals surface area contributed by atoms with E-state index < -0.39 is 14.4 Å². The Morgan fingerprint density at radius 3 is 1.97 bits per heavy atom. The minimum absolute atomic E-state index is 0.0618. The molecule has 0 aliphatic heterocycles. The maximum Gasteiger partial charge on any atom is 0.261 e. The van der Waals surface area contributed by atoms with Gasteiger partial charge in [-0.3, -0.25) is 4.79 Å². The highest BCUT2D eigenvalue weighted by atomic mass is 28.4. The zero-order valence-electron chi connectivity index (χ0n) is 22.6. The number of hydrogen-bond acceptors (Lipinski definition) is 3. The van der Waals surface area contributed by atoms with Crippen LogP contribution in [0.1, 0.15) is 86.0 Å². The van der Waals surface area contributed by atoms with E-state index in [0.717, 1.165) is 24.8 Å². The summed E-state index contributed by atoms with van der Waals surface area (Å²) >= 11 is 0. The first-order valence-corrected chi connectivity index (χ1v) is 15.3. The Labute approximate surface area is 214 Å². The normalized spacial score (nSPS) is 13.6. The fraction of sp³-hybridized carbons (Fsp3) is 0.516. The molecule has 0 saturated carbocycles. The Hall–Kier alpha value is -2.01. The summed E-state index contributed by atoms with van der Waals surface area (Å²) in [6.07, 6.45) is 8.61. The summed E-state index contributed by atoms with van der Waals surface area (Å²) in [5, 5.41) is 13.1. The molecule has 0 bridgehead atoms. The molecule has 1 N–H and O–H groups in total. The summed E-state index contributed by atoms with van der Waals surface area (Å²) in [4.78, 5) is 12.3.